The van der Waals surface area contributed by atoms with Gasteiger partial charge in [0.25, 0.3) is 0 Å². The summed E-state index contributed by atoms with van der Waals surface area (Å²) in [6, 6.07) is 6.20. The smallest absolute Gasteiger partial charge is 0.337 e. The van der Waals surface area contributed by atoms with E-state index in [0.717, 1.165) is 0 Å². The number of rotatable bonds is 4. The molecule has 0 unspecified atom stereocenters. The van der Waals surface area contributed by atoms with Gasteiger partial charge in [-0.05, 0) is 18.2 Å². The van der Waals surface area contributed by atoms with Crippen molar-refractivity contribution in [1.29, 1.82) is 0 Å². The number of hydrogen-bond donors (Lipinski definition) is 2. The van der Waals surface area contributed by atoms with Gasteiger partial charge in [0.2, 0.25) is 0 Å². The number of piperazine rings is 1. The first-order valence-corrected chi connectivity index (χ1v) is 7.64. The first-order valence-electron chi connectivity index (χ1n) is 6.20. The molecule has 0 amide bonds. The zero-order valence-electron chi connectivity index (χ0n) is 11.1. The van der Waals surface area contributed by atoms with Crippen LogP contribution in [-0.2, 0) is 14.9 Å². The molecule has 1 aromatic rings. The van der Waals surface area contributed by atoms with Crippen LogP contribution in [0.15, 0.2) is 24.3 Å². The zero-order chi connectivity index (χ0) is 14.6. The third kappa shape index (κ3) is 3.47. The Morgan fingerprint density at radius 3 is 2.70 bits per heavy atom. The van der Waals surface area contributed by atoms with Crippen LogP contribution < -0.4 is 10.0 Å². The summed E-state index contributed by atoms with van der Waals surface area (Å²) < 4.78 is 32.8. The van der Waals surface area contributed by atoms with Crippen LogP contribution in [0.25, 0.3) is 0 Å². The Bertz CT molecular complexity index is 582. The minimum atomic E-state index is -3.59. The monoisotopic (exact) mass is 299 g/mol. The molecule has 110 valence electrons. The molecule has 0 atom stereocenters. The minimum Gasteiger partial charge on any atom is -0.465 e. The maximum Gasteiger partial charge on any atom is 0.337 e. The normalized spacial score (nSPS) is 16.6. The fourth-order valence-corrected chi connectivity index (χ4v) is 3.14. The predicted octanol–water partition coefficient (Wildman–Crippen LogP) is 0.0351. The summed E-state index contributed by atoms with van der Waals surface area (Å²) in [7, 11) is -2.32. The second-order valence-corrected chi connectivity index (χ2v) is 6.00. The molecule has 0 saturated carbocycles. The predicted molar refractivity (Wildman–Crippen MR) is 74.8 cm³/mol. The van der Waals surface area contributed by atoms with Crippen LogP contribution >= 0.6 is 0 Å². The van der Waals surface area contributed by atoms with Crippen molar-refractivity contribution in [2.45, 2.75) is 0 Å². The van der Waals surface area contributed by atoms with Gasteiger partial charge >= 0.3 is 16.2 Å². The highest BCUT2D eigenvalue weighted by atomic mass is 32.2. The lowest BCUT2D eigenvalue weighted by molar-refractivity contribution is 0.0601. The van der Waals surface area contributed by atoms with Gasteiger partial charge in [-0.3, -0.25) is 4.72 Å². The molecule has 1 fully saturated rings. The first kappa shape index (κ1) is 14.8. The van der Waals surface area contributed by atoms with Crippen molar-refractivity contribution in [2.24, 2.45) is 0 Å². The standard InChI is InChI=1S/C12H17N3O4S/c1-19-12(16)10-3-2-4-11(9-10)14-20(17,18)15-7-5-13-6-8-15/h2-4,9,13-14H,5-8H2,1H3. The number of nitrogens with zero attached hydrogens (tertiary/aromatic N) is 1. The molecule has 7 nitrogen and oxygen atoms in total. The summed E-state index contributed by atoms with van der Waals surface area (Å²) in [4.78, 5) is 11.4. The molecule has 1 aliphatic heterocycles. The molecule has 2 rings (SSSR count). The number of anilines is 1. The summed E-state index contributed by atoms with van der Waals surface area (Å²) in [6.45, 7) is 2.10. The summed E-state index contributed by atoms with van der Waals surface area (Å²) in [5.41, 5.74) is 0.638. The highest BCUT2D eigenvalue weighted by Crippen LogP contribution is 2.15. The van der Waals surface area contributed by atoms with Gasteiger partial charge < -0.3 is 10.1 Å². The third-order valence-corrected chi connectivity index (χ3v) is 4.49. The fourth-order valence-electron chi connectivity index (χ4n) is 1.93. The van der Waals surface area contributed by atoms with E-state index in [1.807, 2.05) is 0 Å². The number of esters is 1. The molecule has 2 N–H and O–H groups in total. The van der Waals surface area contributed by atoms with Gasteiger partial charge in [-0.25, -0.2) is 4.79 Å². The molecule has 1 saturated heterocycles. The molecule has 0 bridgehead atoms. The van der Waals surface area contributed by atoms with Crippen LogP contribution in [0.4, 0.5) is 5.69 Å². The lowest BCUT2D eigenvalue weighted by atomic mass is 10.2. The third-order valence-electron chi connectivity index (χ3n) is 2.95. The fraction of sp³-hybridized carbons (Fsp3) is 0.417. The Kier molecular flexibility index (Phi) is 4.58. The van der Waals surface area contributed by atoms with E-state index in [1.54, 1.807) is 18.2 Å². The number of benzene rings is 1. The molecule has 1 heterocycles. The van der Waals surface area contributed by atoms with Crippen molar-refractivity contribution in [3.63, 3.8) is 0 Å². The Balaban J connectivity index is 2.14. The molecule has 20 heavy (non-hydrogen) atoms. The minimum absolute atomic E-state index is 0.299. The number of nitrogens with one attached hydrogen (secondary N) is 2. The van der Waals surface area contributed by atoms with Gasteiger partial charge in [0.05, 0.1) is 18.4 Å². The van der Waals surface area contributed by atoms with Crippen LogP contribution in [0.5, 0.6) is 0 Å². The van der Waals surface area contributed by atoms with Crippen molar-refractivity contribution in [1.82, 2.24) is 9.62 Å². The van der Waals surface area contributed by atoms with E-state index in [9.17, 15) is 13.2 Å². The van der Waals surface area contributed by atoms with Gasteiger partial charge in [-0.15, -0.1) is 0 Å². The number of methoxy groups -OCH3 is 1. The molecule has 0 radical (unpaired) electrons. The molecular formula is C12H17N3O4S. The first-order chi connectivity index (χ1) is 9.53. The van der Waals surface area contributed by atoms with E-state index >= 15 is 0 Å². The van der Waals surface area contributed by atoms with Gasteiger partial charge in [0, 0.05) is 26.2 Å². The second kappa shape index (κ2) is 6.21. The van der Waals surface area contributed by atoms with E-state index in [1.165, 1.54) is 17.5 Å². The van der Waals surface area contributed by atoms with Gasteiger partial charge in [-0.2, -0.15) is 12.7 Å². The van der Waals surface area contributed by atoms with Crippen molar-refractivity contribution in [2.75, 3.05) is 38.0 Å². The maximum atomic E-state index is 12.2. The van der Waals surface area contributed by atoms with Crippen LogP contribution in [-0.4, -0.2) is 52.0 Å². The molecule has 1 aromatic carbocycles. The molecule has 0 aromatic heterocycles. The Morgan fingerprint density at radius 1 is 1.35 bits per heavy atom. The van der Waals surface area contributed by atoms with E-state index in [-0.39, 0.29) is 0 Å². The van der Waals surface area contributed by atoms with Crippen molar-refractivity contribution in [3.05, 3.63) is 29.8 Å². The quantitative estimate of drug-likeness (QED) is 0.766. The summed E-state index contributed by atoms with van der Waals surface area (Å²) in [5, 5.41) is 3.09. The maximum absolute atomic E-state index is 12.2. The van der Waals surface area contributed by atoms with Crippen LogP contribution in [0, 0.1) is 0 Å². The van der Waals surface area contributed by atoms with E-state index < -0.39 is 16.2 Å². The lowest BCUT2D eigenvalue weighted by Gasteiger charge is -2.26. The highest BCUT2D eigenvalue weighted by Gasteiger charge is 2.23. The summed E-state index contributed by atoms with van der Waals surface area (Å²) >= 11 is 0. The molecule has 0 spiro atoms. The van der Waals surface area contributed by atoms with Gasteiger partial charge in [0.15, 0.2) is 0 Å². The van der Waals surface area contributed by atoms with E-state index in [2.05, 4.69) is 14.8 Å². The Hall–Kier alpha value is -1.64. The molecule has 0 aliphatic carbocycles. The summed E-state index contributed by atoms with van der Waals surface area (Å²) in [5.74, 6) is -0.506. The molecular weight excluding hydrogens is 282 g/mol. The SMILES string of the molecule is COC(=O)c1cccc(NS(=O)(=O)N2CCNCC2)c1. The van der Waals surface area contributed by atoms with Gasteiger partial charge in [0.1, 0.15) is 0 Å². The zero-order valence-corrected chi connectivity index (χ0v) is 11.9. The van der Waals surface area contributed by atoms with Crippen molar-refractivity contribution < 1.29 is 17.9 Å². The number of ether oxygens (including phenoxy) is 1. The van der Waals surface area contributed by atoms with Crippen LogP contribution in [0.2, 0.25) is 0 Å². The Morgan fingerprint density at radius 2 is 2.05 bits per heavy atom. The van der Waals surface area contributed by atoms with Crippen LogP contribution in [0.3, 0.4) is 0 Å². The van der Waals surface area contributed by atoms with Crippen molar-refractivity contribution >= 4 is 21.9 Å². The lowest BCUT2D eigenvalue weighted by Crippen LogP contribution is -2.48. The molecule has 1 aliphatic rings. The second-order valence-electron chi connectivity index (χ2n) is 4.33. The topological polar surface area (TPSA) is 87.7 Å². The Labute approximate surface area is 118 Å². The van der Waals surface area contributed by atoms with Gasteiger partial charge in [-0.1, -0.05) is 6.07 Å². The summed E-state index contributed by atoms with van der Waals surface area (Å²) in [6.07, 6.45) is 0. The highest BCUT2D eigenvalue weighted by molar-refractivity contribution is 7.90. The van der Waals surface area contributed by atoms with Crippen LogP contribution in [0.1, 0.15) is 10.4 Å². The van der Waals surface area contributed by atoms with E-state index in [0.29, 0.717) is 37.4 Å². The number of carbonyl (C=O) groups excluding carboxylic acids is 1. The molecule has 8 heteroatoms. The van der Waals surface area contributed by atoms with Crippen molar-refractivity contribution in [3.8, 4) is 0 Å². The average molecular weight is 299 g/mol. The number of carbonyl (C=O) groups is 1. The largest absolute Gasteiger partial charge is 0.465 e. The number of hydrogen-bond acceptors (Lipinski definition) is 5. The average Bonchev–Trinajstić information content (AvgIpc) is 2.47. The van der Waals surface area contributed by atoms with E-state index in [4.69, 9.17) is 0 Å².